The van der Waals surface area contributed by atoms with Crippen molar-refractivity contribution in [2.45, 2.75) is 45.3 Å². The quantitative estimate of drug-likeness (QED) is 0.876. The summed E-state index contributed by atoms with van der Waals surface area (Å²) >= 11 is 0. The van der Waals surface area contributed by atoms with Crippen LogP contribution in [0.25, 0.3) is 0 Å². The molecule has 0 saturated carbocycles. The van der Waals surface area contributed by atoms with Gasteiger partial charge in [0.2, 0.25) is 5.91 Å². The smallest absolute Gasteiger partial charge is 0.221 e. The first kappa shape index (κ1) is 15.6. The molecule has 116 valence electrons. The van der Waals surface area contributed by atoms with E-state index in [9.17, 15) is 4.79 Å². The van der Waals surface area contributed by atoms with Gasteiger partial charge in [0.25, 0.3) is 0 Å². The van der Waals surface area contributed by atoms with Crippen molar-refractivity contribution in [1.82, 2.24) is 0 Å². The maximum Gasteiger partial charge on any atom is 0.221 e. The van der Waals surface area contributed by atoms with Crippen LogP contribution in [0.15, 0.2) is 18.2 Å². The molecule has 1 amide bonds. The molecule has 1 heterocycles. The van der Waals surface area contributed by atoms with Gasteiger partial charge in [-0.05, 0) is 31.4 Å². The molecule has 2 N–H and O–H groups in total. The summed E-state index contributed by atoms with van der Waals surface area (Å²) in [5.74, 6) is 0.554. The Labute approximate surface area is 126 Å². The molecule has 1 aliphatic heterocycles. The standard InChI is InChI=1S/C16H24N2O3/c1-4-14-9-13(7-8-21-14)18-12-5-6-15(17-11(2)19)16(10-12)20-3/h5-6,10,13-14,18H,4,7-9H2,1-3H3,(H,17,19). The van der Waals surface area contributed by atoms with Crippen LogP contribution in [-0.4, -0.2) is 31.8 Å². The Hall–Kier alpha value is -1.75. The molecule has 0 aromatic heterocycles. The highest BCUT2D eigenvalue weighted by Crippen LogP contribution is 2.29. The first-order valence-electron chi connectivity index (χ1n) is 7.46. The third kappa shape index (κ3) is 4.36. The van der Waals surface area contributed by atoms with Crippen LogP contribution in [0.4, 0.5) is 11.4 Å². The molecule has 1 saturated heterocycles. The number of anilines is 2. The van der Waals surface area contributed by atoms with Crippen molar-refractivity contribution in [3.8, 4) is 5.75 Å². The van der Waals surface area contributed by atoms with Gasteiger partial charge < -0.3 is 20.1 Å². The molecule has 0 radical (unpaired) electrons. The lowest BCUT2D eigenvalue weighted by Gasteiger charge is -2.30. The van der Waals surface area contributed by atoms with Crippen molar-refractivity contribution in [2.75, 3.05) is 24.4 Å². The molecule has 5 nitrogen and oxygen atoms in total. The minimum absolute atomic E-state index is 0.107. The maximum atomic E-state index is 11.2. The van der Waals surface area contributed by atoms with E-state index in [4.69, 9.17) is 9.47 Å². The first-order valence-corrected chi connectivity index (χ1v) is 7.46. The number of rotatable bonds is 5. The van der Waals surface area contributed by atoms with Crippen LogP contribution in [0.5, 0.6) is 5.75 Å². The predicted molar refractivity (Wildman–Crippen MR) is 84.0 cm³/mol. The summed E-state index contributed by atoms with van der Waals surface area (Å²) < 4.78 is 11.0. The second-order valence-electron chi connectivity index (χ2n) is 5.36. The lowest BCUT2D eigenvalue weighted by atomic mass is 10.0. The Balaban J connectivity index is 2.04. The molecule has 1 aromatic carbocycles. The summed E-state index contributed by atoms with van der Waals surface area (Å²) in [6.07, 6.45) is 3.42. The second-order valence-corrected chi connectivity index (χ2v) is 5.36. The van der Waals surface area contributed by atoms with Crippen LogP contribution >= 0.6 is 0 Å². The van der Waals surface area contributed by atoms with Crippen LogP contribution in [0, 0.1) is 0 Å². The molecule has 2 rings (SSSR count). The zero-order valence-electron chi connectivity index (χ0n) is 12.9. The monoisotopic (exact) mass is 292 g/mol. The minimum Gasteiger partial charge on any atom is -0.494 e. The SMILES string of the molecule is CCC1CC(Nc2ccc(NC(C)=O)c(OC)c2)CCO1. The van der Waals surface area contributed by atoms with Crippen molar-refractivity contribution < 1.29 is 14.3 Å². The first-order chi connectivity index (χ1) is 10.1. The Bertz CT molecular complexity index is 490. The average molecular weight is 292 g/mol. The van der Waals surface area contributed by atoms with Crippen LogP contribution in [-0.2, 0) is 9.53 Å². The van der Waals surface area contributed by atoms with Crippen LogP contribution in [0.2, 0.25) is 0 Å². The van der Waals surface area contributed by atoms with E-state index in [1.54, 1.807) is 7.11 Å². The van der Waals surface area contributed by atoms with Gasteiger partial charge in [0, 0.05) is 31.3 Å². The second kappa shape index (κ2) is 7.31. The van der Waals surface area contributed by atoms with Gasteiger partial charge in [-0.25, -0.2) is 0 Å². The molecule has 0 aliphatic carbocycles. The third-order valence-electron chi connectivity index (χ3n) is 3.71. The summed E-state index contributed by atoms with van der Waals surface area (Å²) in [6.45, 7) is 4.44. The van der Waals surface area contributed by atoms with Gasteiger partial charge in [-0.15, -0.1) is 0 Å². The maximum absolute atomic E-state index is 11.2. The average Bonchev–Trinajstić information content (AvgIpc) is 2.48. The number of amides is 1. The Morgan fingerprint density at radius 2 is 2.29 bits per heavy atom. The molecule has 1 aliphatic rings. The highest BCUT2D eigenvalue weighted by atomic mass is 16.5. The number of nitrogens with one attached hydrogen (secondary N) is 2. The van der Waals surface area contributed by atoms with E-state index in [0.29, 0.717) is 23.6 Å². The summed E-state index contributed by atoms with van der Waals surface area (Å²) in [5.41, 5.74) is 1.69. The van der Waals surface area contributed by atoms with Crippen molar-refractivity contribution in [3.63, 3.8) is 0 Å². The zero-order valence-corrected chi connectivity index (χ0v) is 12.9. The zero-order chi connectivity index (χ0) is 15.2. The fourth-order valence-electron chi connectivity index (χ4n) is 2.61. The molecule has 1 aromatic rings. The molecule has 0 spiro atoms. The lowest BCUT2D eigenvalue weighted by molar-refractivity contribution is -0.114. The van der Waals surface area contributed by atoms with Crippen molar-refractivity contribution >= 4 is 17.3 Å². The van der Waals surface area contributed by atoms with Gasteiger partial charge >= 0.3 is 0 Å². The number of ether oxygens (including phenoxy) is 2. The fraction of sp³-hybridized carbons (Fsp3) is 0.562. The van der Waals surface area contributed by atoms with Gasteiger partial charge in [0.05, 0.1) is 18.9 Å². The number of hydrogen-bond acceptors (Lipinski definition) is 4. The molecule has 2 unspecified atom stereocenters. The summed E-state index contributed by atoms with van der Waals surface area (Å²) in [4.78, 5) is 11.2. The van der Waals surface area contributed by atoms with Gasteiger partial charge in [0.15, 0.2) is 0 Å². The Morgan fingerprint density at radius 1 is 1.48 bits per heavy atom. The van der Waals surface area contributed by atoms with Gasteiger partial charge in [-0.1, -0.05) is 6.92 Å². The topological polar surface area (TPSA) is 59.6 Å². The van der Waals surface area contributed by atoms with Crippen molar-refractivity contribution in [3.05, 3.63) is 18.2 Å². The minimum atomic E-state index is -0.107. The molecule has 1 fully saturated rings. The largest absolute Gasteiger partial charge is 0.494 e. The van der Waals surface area contributed by atoms with Gasteiger partial charge in [-0.3, -0.25) is 4.79 Å². The van der Waals surface area contributed by atoms with Crippen molar-refractivity contribution in [1.29, 1.82) is 0 Å². The van der Waals surface area contributed by atoms with E-state index in [1.165, 1.54) is 6.92 Å². The summed E-state index contributed by atoms with van der Waals surface area (Å²) in [6, 6.07) is 6.16. The van der Waals surface area contributed by atoms with E-state index in [2.05, 4.69) is 17.6 Å². The molecule has 2 atom stereocenters. The number of benzene rings is 1. The van der Waals surface area contributed by atoms with E-state index in [1.807, 2.05) is 18.2 Å². The number of carbonyl (C=O) groups is 1. The lowest BCUT2D eigenvalue weighted by Crippen LogP contribution is -2.33. The van der Waals surface area contributed by atoms with E-state index in [0.717, 1.165) is 31.6 Å². The molecular formula is C16H24N2O3. The number of methoxy groups -OCH3 is 1. The normalized spacial score (nSPS) is 21.7. The van der Waals surface area contributed by atoms with E-state index in [-0.39, 0.29) is 5.91 Å². The number of hydrogen-bond donors (Lipinski definition) is 2. The Kier molecular flexibility index (Phi) is 5.44. The highest BCUT2D eigenvalue weighted by Gasteiger charge is 2.21. The summed E-state index contributed by atoms with van der Waals surface area (Å²) in [7, 11) is 1.60. The molecule has 21 heavy (non-hydrogen) atoms. The summed E-state index contributed by atoms with van der Waals surface area (Å²) in [5, 5.41) is 6.29. The van der Waals surface area contributed by atoms with Crippen LogP contribution in [0.1, 0.15) is 33.1 Å². The third-order valence-corrected chi connectivity index (χ3v) is 3.71. The van der Waals surface area contributed by atoms with E-state index >= 15 is 0 Å². The molecule has 5 heteroatoms. The van der Waals surface area contributed by atoms with Crippen LogP contribution in [0.3, 0.4) is 0 Å². The highest BCUT2D eigenvalue weighted by molar-refractivity contribution is 5.90. The number of carbonyl (C=O) groups excluding carboxylic acids is 1. The van der Waals surface area contributed by atoms with E-state index < -0.39 is 0 Å². The predicted octanol–water partition coefficient (Wildman–Crippen LogP) is 3.02. The molecule has 0 bridgehead atoms. The Morgan fingerprint density at radius 3 is 2.95 bits per heavy atom. The van der Waals surface area contributed by atoms with Gasteiger partial charge in [0.1, 0.15) is 5.75 Å². The fourth-order valence-corrected chi connectivity index (χ4v) is 2.61. The van der Waals surface area contributed by atoms with Crippen molar-refractivity contribution in [2.24, 2.45) is 0 Å². The van der Waals surface area contributed by atoms with Gasteiger partial charge in [-0.2, -0.15) is 0 Å². The molecular weight excluding hydrogens is 268 g/mol. The van der Waals surface area contributed by atoms with Crippen LogP contribution < -0.4 is 15.4 Å².